The highest BCUT2D eigenvalue weighted by Crippen LogP contribution is 2.13. The van der Waals surface area contributed by atoms with E-state index in [9.17, 15) is 9.18 Å². The summed E-state index contributed by atoms with van der Waals surface area (Å²) in [6, 6.07) is 6.43. The molecule has 0 radical (unpaired) electrons. The van der Waals surface area contributed by atoms with E-state index in [2.05, 4.69) is 9.84 Å². The fourth-order valence-corrected chi connectivity index (χ4v) is 1.94. The zero-order valence-electron chi connectivity index (χ0n) is 11.1. The molecule has 1 heterocycles. The van der Waals surface area contributed by atoms with E-state index in [0.717, 1.165) is 17.0 Å². The first kappa shape index (κ1) is 13.3. The van der Waals surface area contributed by atoms with Gasteiger partial charge in [-0.15, -0.1) is 0 Å². The number of esters is 1. The average molecular weight is 262 g/mol. The van der Waals surface area contributed by atoms with Gasteiger partial charge in [0.25, 0.3) is 0 Å². The quantitative estimate of drug-likeness (QED) is 0.798. The van der Waals surface area contributed by atoms with Crippen LogP contribution in [0.25, 0.3) is 0 Å². The van der Waals surface area contributed by atoms with Gasteiger partial charge < -0.3 is 4.74 Å². The van der Waals surface area contributed by atoms with Gasteiger partial charge in [0.1, 0.15) is 5.82 Å². The Kier molecular flexibility index (Phi) is 3.64. The summed E-state index contributed by atoms with van der Waals surface area (Å²) >= 11 is 0. The highest BCUT2D eigenvalue weighted by Gasteiger charge is 2.12. The molecule has 2 aromatic rings. The Hall–Kier alpha value is -2.17. The summed E-state index contributed by atoms with van der Waals surface area (Å²) < 4.78 is 20.1. The van der Waals surface area contributed by atoms with Crippen molar-refractivity contribution in [3.8, 4) is 0 Å². The van der Waals surface area contributed by atoms with Crippen molar-refractivity contribution in [3.63, 3.8) is 0 Å². The van der Waals surface area contributed by atoms with Crippen LogP contribution in [0.15, 0.2) is 24.3 Å². The molecule has 0 spiro atoms. The smallest absolute Gasteiger partial charge is 0.340 e. The molecule has 1 aromatic carbocycles. The van der Waals surface area contributed by atoms with Gasteiger partial charge in [0.05, 0.1) is 24.9 Å². The van der Waals surface area contributed by atoms with Crippen molar-refractivity contribution >= 4 is 5.97 Å². The molecule has 0 bridgehead atoms. The molecule has 0 amide bonds. The van der Waals surface area contributed by atoms with Crippen LogP contribution in [-0.4, -0.2) is 22.9 Å². The van der Waals surface area contributed by atoms with Gasteiger partial charge >= 0.3 is 5.97 Å². The van der Waals surface area contributed by atoms with Crippen LogP contribution < -0.4 is 0 Å². The van der Waals surface area contributed by atoms with Crippen molar-refractivity contribution in [3.05, 3.63) is 52.6 Å². The summed E-state index contributed by atoms with van der Waals surface area (Å²) in [5, 5.41) is 4.31. The standard InChI is InChI=1S/C14H15FN2O2/c1-9-6-10(2)17(16-9)8-11-4-5-12(13(15)7-11)14(18)19-3/h4-7H,8H2,1-3H3. The van der Waals surface area contributed by atoms with E-state index in [1.807, 2.05) is 19.9 Å². The Morgan fingerprint density at radius 3 is 2.63 bits per heavy atom. The van der Waals surface area contributed by atoms with Crippen LogP contribution in [-0.2, 0) is 11.3 Å². The first-order valence-corrected chi connectivity index (χ1v) is 5.89. The van der Waals surface area contributed by atoms with Gasteiger partial charge in [0.15, 0.2) is 0 Å². The lowest BCUT2D eigenvalue weighted by Gasteiger charge is -2.07. The molecule has 0 saturated carbocycles. The second-order valence-electron chi connectivity index (χ2n) is 4.39. The van der Waals surface area contributed by atoms with Crippen molar-refractivity contribution in [1.82, 2.24) is 9.78 Å². The number of rotatable bonds is 3. The Morgan fingerprint density at radius 1 is 1.37 bits per heavy atom. The Labute approximate surface area is 110 Å². The maximum Gasteiger partial charge on any atom is 0.340 e. The molecule has 0 aliphatic rings. The average Bonchev–Trinajstić information content (AvgIpc) is 2.67. The van der Waals surface area contributed by atoms with Crippen molar-refractivity contribution in [2.75, 3.05) is 7.11 Å². The minimum Gasteiger partial charge on any atom is -0.465 e. The molecule has 0 N–H and O–H groups in total. The second-order valence-corrected chi connectivity index (χ2v) is 4.39. The predicted octanol–water partition coefficient (Wildman–Crippen LogP) is 2.47. The summed E-state index contributed by atoms with van der Waals surface area (Å²) in [7, 11) is 1.23. The van der Waals surface area contributed by atoms with Crippen molar-refractivity contribution in [2.24, 2.45) is 0 Å². The molecular weight excluding hydrogens is 247 g/mol. The topological polar surface area (TPSA) is 44.1 Å². The molecule has 0 fully saturated rings. The Balaban J connectivity index is 2.25. The van der Waals surface area contributed by atoms with Crippen LogP contribution >= 0.6 is 0 Å². The summed E-state index contributed by atoms with van der Waals surface area (Å²) in [6.45, 7) is 4.32. The first-order chi connectivity index (χ1) is 9.01. The number of hydrogen-bond donors (Lipinski definition) is 0. The van der Waals surface area contributed by atoms with E-state index >= 15 is 0 Å². The van der Waals surface area contributed by atoms with Gasteiger partial charge in [-0.3, -0.25) is 4.68 Å². The van der Waals surface area contributed by atoms with Gasteiger partial charge in [-0.25, -0.2) is 9.18 Å². The molecule has 0 aliphatic carbocycles. The first-order valence-electron chi connectivity index (χ1n) is 5.89. The molecule has 0 saturated heterocycles. The van der Waals surface area contributed by atoms with Gasteiger partial charge in [0.2, 0.25) is 0 Å². The van der Waals surface area contributed by atoms with Crippen LogP contribution in [0.3, 0.4) is 0 Å². The van der Waals surface area contributed by atoms with Gasteiger partial charge in [0, 0.05) is 5.69 Å². The minimum absolute atomic E-state index is 0.0559. The largest absolute Gasteiger partial charge is 0.465 e. The molecule has 4 nitrogen and oxygen atoms in total. The third-order valence-corrected chi connectivity index (χ3v) is 2.87. The highest BCUT2D eigenvalue weighted by molar-refractivity contribution is 5.89. The minimum atomic E-state index is -0.671. The number of nitrogens with zero attached hydrogens (tertiary/aromatic N) is 2. The van der Waals surface area contributed by atoms with Crippen LogP contribution in [0.2, 0.25) is 0 Å². The van der Waals surface area contributed by atoms with Crippen LogP contribution in [0, 0.1) is 19.7 Å². The van der Waals surface area contributed by atoms with Crippen LogP contribution in [0.1, 0.15) is 27.3 Å². The van der Waals surface area contributed by atoms with E-state index in [4.69, 9.17) is 0 Å². The van der Waals surface area contributed by atoms with E-state index in [1.165, 1.54) is 19.2 Å². The fraction of sp³-hybridized carbons (Fsp3) is 0.286. The summed E-state index contributed by atoms with van der Waals surface area (Å²) in [4.78, 5) is 11.3. The summed E-state index contributed by atoms with van der Waals surface area (Å²) in [5.41, 5.74) is 2.62. The van der Waals surface area contributed by atoms with Crippen molar-refractivity contribution in [2.45, 2.75) is 20.4 Å². The van der Waals surface area contributed by atoms with Crippen LogP contribution in [0.5, 0.6) is 0 Å². The van der Waals surface area contributed by atoms with E-state index in [0.29, 0.717) is 6.54 Å². The van der Waals surface area contributed by atoms with Crippen LogP contribution in [0.4, 0.5) is 4.39 Å². The third kappa shape index (κ3) is 2.81. The second kappa shape index (κ2) is 5.22. The van der Waals surface area contributed by atoms with E-state index < -0.39 is 11.8 Å². The maximum absolute atomic E-state index is 13.8. The lowest BCUT2D eigenvalue weighted by molar-refractivity contribution is 0.0595. The fourth-order valence-electron chi connectivity index (χ4n) is 1.94. The number of carbonyl (C=O) groups excluding carboxylic acids is 1. The number of methoxy groups -OCH3 is 1. The van der Waals surface area contributed by atoms with Gasteiger partial charge in [-0.2, -0.15) is 5.10 Å². The lowest BCUT2D eigenvalue weighted by atomic mass is 10.1. The number of aromatic nitrogens is 2. The predicted molar refractivity (Wildman–Crippen MR) is 68.5 cm³/mol. The third-order valence-electron chi connectivity index (χ3n) is 2.87. The van der Waals surface area contributed by atoms with Gasteiger partial charge in [-0.1, -0.05) is 6.07 Å². The number of benzene rings is 1. The molecule has 1 aromatic heterocycles. The number of ether oxygens (including phenoxy) is 1. The monoisotopic (exact) mass is 262 g/mol. The van der Waals surface area contributed by atoms with E-state index in [1.54, 1.807) is 10.7 Å². The van der Waals surface area contributed by atoms with Gasteiger partial charge in [-0.05, 0) is 37.6 Å². The molecular formula is C14H15FN2O2. The molecule has 0 atom stereocenters. The molecule has 0 unspecified atom stereocenters. The Morgan fingerprint density at radius 2 is 2.11 bits per heavy atom. The Bertz CT molecular complexity index is 620. The number of halogens is 1. The molecule has 2 rings (SSSR count). The number of aryl methyl sites for hydroxylation is 2. The zero-order valence-corrected chi connectivity index (χ0v) is 11.1. The summed E-state index contributed by atoms with van der Waals surface area (Å²) in [6.07, 6.45) is 0. The number of hydrogen-bond acceptors (Lipinski definition) is 3. The van der Waals surface area contributed by atoms with Crippen molar-refractivity contribution in [1.29, 1.82) is 0 Å². The summed E-state index contributed by atoms with van der Waals surface area (Å²) in [5.74, 6) is -1.25. The number of carbonyl (C=O) groups is 1. The molecule has 5 heteroatoms. The van der Waals surface area contributed by atoms with Crippen molar-refractivity contribution < 1.29 is 13.9 Å². The van der Waals surface area contributed by atoms with E-state index in [-0.39, 0.29) is 5.56 Å². The molecule has 0 aliphatic heterocycles. The molecule has 100 valence electrons. The lowest BCUT2D eigenvalue weighted by Crippen LogP contribution is -2.07. The zero-order chi connectivity index (χ0) is 14.0. The SMILES string of the molecule is COC(=O)c1ccc(Cn2nc(C)cc2C)cc1F. The molecule has 19 heavy (non-hydrogen) atoms. The maximum atomic E-state index is 13.8. The highest BCUT2D eigenvalue weighted by atomic mass is 19.1. The normalized spacial score (nSPS) is 10.5.